The van der Waals surface area contributed by atoms with E-state index in [1.165, 1.54) is 19.3 Å². The van der Waals surface area contributed by atoms with Crippen LogP contribution in [0.3, 0.4) is 0 Å². The van der Waals surface area contributed by atoms with Crippen LogP contribution < -0.4 is 5.32 Å². The first-order valence-electron chi connectivity index (χ1n) is 8.03. The van der Waals surface area contributed by atoms with Crippen molar-refractivity contribution in [3.8, 4) is 0 Å². The highest BCUT2D eigenvalue weighted by atomic mass is 16.5. The van der Waals surface area contributed by atoms with Crippen LogP contribution in [0.5, 0.6) is 0 Å². The minimum absolute atomic E-state index is 0.141. The number of nitrogens with zero attached hydrogens (tertiary/aromatic N) is 1. The topological polar surface area (TPSA) is 41.6 Å². The molecule has 1 aliphatic heterocycles. The Hall–Kier alpha value is -1.03. The third kappa shape index (κ3) is 4.82. The van der Waals surface area contributed by atoms with Crippen molar-refractivity contribution < 1.29 is 9.53 Å². The van der Waals surface area contributed by atoms with Gasteiger partial charge >= 0.3 is 6.03 Å². The van der Waals surface area contributed by atoms with Crippen molar-refractivity contribution in [3.05, 3.63) is 12.7 Å². The van der Waals surface area contributed by atoms with E-state index >= 15 is 0 Å². The number of rotatable bonds is 5. The monoisotopic (exact) mass is 280 g/mol. The molecule has 1 saturated carbocycles. The number of likely N-dealkylation sites (tertiary alicyclic amines) is 1. The van der Waals surface area contributed by atoms with Crippen molar-refractivity contribution >= 4 is 6.03 Å². The second kappa shape index (κ2) is 8.30. The molecule has 2 aliphatic rings. The molecule has 20 heavy (non-hydrogen) atoms. The zero-order valence-corrected chi connectivity index (χ0v) is 12.5. The molecule has 0 radical (unpaired) electrons. The van der Waals surface area contributed by atoms with Gasteiger partial charge in [-0.25, -0.2) is 4.79 Å². The number of hydrogen-bond acceptors (Lipinski definition) is 2. The van der Waals surface area contributed by atoms with Crippen molar-refractivity contribution in [1.29, 1.82) is 0 Å². The van der Waals surface area contributed by atoms with Crippen molar-refractivity contribution in [2.45, 2.75) is 51.0 Å². The molecule has 0 aromatic rings. The lowest BCUT2D eigenvalue weighted by atomic mass is 9.95. The summed E-state index contributed by atoms with van der Waals surface area (Å²) in [5.41, 5.74) is 0. The van der Waals surface area contributed by atoms with Crippen LogP contribution in [0.1, 0.15) is 44.9 Å². The fraction of sp³-hybridized carbons (Fsp3) is 0.812. The standard InChI is InChI=1S/C16H28N2O2/c1-2-12-20-13-14-8-10-18(11-9-14)16(19)17-15-6-4-3-5-7-15/h2,14-15H,1,3-13H2,(H,17,19). The first-order valence-corrected chi connectivity index (χ1v) is 8.03. The maximum atomic E-state index is 12.2. The number of urea groups is 1. The van der Waals surface area contributed by atoms with Gasteiger partial charge in [-0.2, -0.15) is 0 Å². The third-order valence-corrected chi connectivity index (χ3v) is 4.42. The lowest BCUT2D eigenvalue weighted by Gasteiger charge is -2.33. The Morgan fingerprint density at radius 1 is 1.20 bits per heavy atom. The second-order valence-electron chi connectivity index (χ2n) is 6.04. The molecule has 0 atom stereocenters. The van der Waals surface area contributed by atoms with E-state index in [2.05, 4.69) is 11.9 Å². The maximum absolute atomic E-state index is 12.2. The Bertz CT molecular complexity index is 306. The summed E-state index contributed by atoms with van der Waals surface area (Å²) in [5, 5.41) is 3.20. The van der Waals surface area contributed by atoms with Gasteiger partial charge in [0.25, 0.3) is 0 Å². The Morgan fingerprint density at radius 2 is 1.90 bits per heavy atom. The second-order valence-corrected chi connectivity index (χ2v) is 6.04. The van der Waals surface area contributed by atoms with Crippen LogP contribution in [0.4, 0.5) is 4.79 Å². The van der Waals surface area contributed by atoms with Gasteiger partial charge in [0.2, 0.25) is 0 Å². The van der Waals surface area contributed by atoms with E-state index in [0.29, 0.717) is 18.6 Å². The number of carbonyl (C=O) groups is 1. The summed E-state index contributed by atoms with van der Waals surface area (Å²) in [6.45, 7) is 6.79. The summed E-state index contributed by atoms with van der Waals surface area (Å²) < 4.78 is 5.50. The lowest BCUT2D eigenvalue weighted by molar-refractivity contribution is 0.0878. The molecule has 0 spiro atoms. The zero-order chi connectivity index (χ0) is 14.2. The van der Waals surface area contributed by atoms with Gasteiger partial charge in [0.15, 0.2) is 0 Å². The summed E-state index contributed by atoms with van der Waals surface area (Å²) in [7, 11) is 0. The highest BCUT2D eigenvalue weighted by Crippen LogP contribution is 2.20. The van der Waals surface area contributed by atoms with Crippen molar-refractivity contribution in [1.82, 2.24) is 10.2 Å². The van der Waals surface area contributed by atoms with E-state index in [0.717, 1.165) is 45.4 Å². The van der Waals surface area contributed by atoms with Gasteiger partial charge < -0.3 is 15.0 Å². The smallest absolute Gasteiger partial charge is 0.317 e. The van der Waals surface area contributed by atoms with Gasteiger partial charge in [-0.1, -0.05) is 25.3 Å². The highest BCUT2D eigenvalue weighted by Gasteiger charge is 2.24. The molecule has 2 amide bonds. The van der Waals surface area contributed by atoms with Crippen molar-refractivity contribution in [2.24, 2.45) is 5.92 Å². The van der Waals surface area contributed by atoms with Crippen LogP contribution in [-0.4, -0.2) is 43.3 Å². The molecule has 4 nitrogen and oxygen atoms in total. The van der Waals surface area contributed by atoms with Crippen LogP contribution in [0.2, 0.25) is 0 Å². The summed E-state index contributed by atoms with van der Waals surface area (Å²) in [4.78, 5) is 14.2. The Kier molecular flexibility index (Phi) is 6.37. The lowest BCUT2D eigenvalue weighted by Crippen LogP contribution is -2.48. The third-order valence-electron chi connectivity index (χ3n) is 4.42. The molecular weight excluding hydrogens is 252 g/mol. The Labute approximate surface area is 122 Å². The van der Waals surface area contributed by atoms with Gasteiger partial charge in [0.05, 0.1) is 6.61 Å². The van der Waals surface area contributed by atoms with Gasteiger partial charge in [0.1, 0.15) is 0 Å². The summed E-state index contributed by atoms with van der Waals surface area (Å²) >= 11 is 0. The number of piperidine rings is 1. The molecule has 1 aliphatic carbocycles. The Morgan fingerprint density at radius 3 is 2.55 bits per heavy atom. The predicted octanol–water partition coefficient (Wildman–Crippen LogP) is 2.94. The van der Waals surface area contributed by atoms with E-state index in [4.69, 9.17) is 4.74 Å². The van der Waals surface area contributed by atoms with Gasteiger partial charge in [-0.3, -0.25) is 0 Å². The largest absolute Gasteiger partial charge is 0.377 e. The number of hydrogen-bond donors (Lipinski definition) is 1. The SMILES string of the molecule is C=CCOCC1CCN(C(=O)NC2CCCCC2)CC1. The minimum Gasteiger partial charge on any atom is -0.377 e. The van der Waals surface area contributed by atoms with Crippen molar-refractivity contribution in [2.75, 3.05) is 26.3 Å². The number of nitrogens with one attached hydrogen (secondary N) is 1. The predicted molar refractivity (Wildman–Crippen MR) is 80.7 cm³/mol. The summed E-state index contributed by atoms with van der Waals surface area (Å²) in [6, 6.07) is 0.548. The summed E-state index contributed by atoms with van der Waals surface area (Å²) in [6.07, 6.45) is 10.0. The number of amides is 2. The normalized spacial score (nSPS) is 21.7. The molecule has 114 valence electrons. The number of ether oxygens (including phenoxy) is 1. The molecule has 4 heteroatoms. The molecule has 0 bridgehead atoms. The van der Waals surface area contributed by atoms with Crippen LogP contribution in [-0.2, 0) is 4.74 Å². The molecule has 0 unspecified atom stereocenters. The van der Waals surface area contributed by atoms with Gasteiger partial charge in [0, 0.05) is 25.7 Å². The first kappa shape index (κ1) is 15.4. The Balaban J connectivity index is 1.64. The fourth-order valence-corrected chi connectivity index (χ4v) is 3.13. The molecule has 0 aromatic heterocycles. The van der Waals surface area contributed by atoms with E-state index in [9.17, 15) is 4.79 Å². The van der Waals surface area contributed by atoms with Gasteiger partial charge in [-0.15, -0.1) is 6.58 Å². The zero-order valence-electron chi connectivity index (χ0n) is 12.5. The fourth-order valence-electron chi connectivity index (χ4n) is 3.13. The average Bonchev–Trinajstić information content (AvgIpc) is 2.49. The highest BCUT2D eigenvalue weighted by molar-refractivity contribution is 5.74. The molecule has 1 N–H and O–H groups in total. The summed E-state index contributed by atoms with van der Waals surface area (Å²) in [5.74, 6) is 0.591. The van der Waals surface area contributed by atoms with Crippen LogP contribution in [0.25, 0.3) is 0 Å². The van der Waals surface area contributed by atoms with E-state index in [-0.39, 0.29) is 6.03 Å². The molecule has 2 fully saturated rings. The van der Waals surface area contributed by atoms with E-state index < -0.39 is 0 Å². The van der Waals surface area contributed by atoms with Crippen molar-refractivity contribution in [3.63, 3.8) is 0 Å². The van der Waals surface area contributed by atoms with Crippen LogP contribution in [0.15, 0.2) is 12.7 Å². The van der Waals surface area contributed by atoms with E-state index in [1.54, 1.807) is 6.08 Å². The first-order chi connectivity index (χ1) is 9.79. The molecule has 0 aromatic carbocycles. The minimum atomic E-state index is 0.141. The van der Waals surface area contributed by atoms with Gasteiger partial charge in [-0.05, 0) is 31.6 Å². The number of carbonyl (C=O) groups excluding carboxylic acids is 1. The van der Waals surface area contributed by atoms with Crippen LogP contribution in [0, 0.1) is 5.92 Å². The molecule has 1 saturated heterocycles. The van der Waals surface area contributed by atoms with Crippen LogP contribution >= 0.6 is 0 Å². The molecular formula is C16H28N2O2. The van der Waals surface area contributed by atoms with E-state index in [1.807, 2.05) is 4.90 Å². The maximum Gasteiger partial charge on any atom is 0.317 e. The quantitative estimate of drug-likeness (QED) is 0.621. The average molecular weight is 280 g/mol. The molecule has 1 heterocycles. The molecule has 2 rings (SSSR count).